The molecule has 23 heavy (non-hydrogen) atoms. The second kappa shape index (κ2) is 7.43. The molecule has 1 atom stereocenters. The van der Waals surface area contributed by atoms with Gasteiger partial charge in [0.05, 0.1) is 7.11 Å². The Kier molecular flexibility index (Phi) is 5.57. The number of phenols is 1. The largest absolute Gasteiger partial charge is 0.507 e. The molecule has 2 N–H and O–H groups in total. The van der Waals surface area contributed by atoms with E-state index in [9.17, 15) is 19.8 Å². The van der Waals surface area contributed by atoms with E-state index in [1.807, 2.05) is 6.08 Å². The minimum Gasteiger partial charge on any atom is -0.507 e. The molecule has 0 saturated heterocycles. The van der Waals surface area contributed by atoms with Gasteiger partial charge in [0.15, 0.2) is 6.23 Å². The van der Waals surface area contributed by atoms with E-state index in [0.29, 0.717) is 23.0 Å². The fraction of sp³-hybridized carbons (Fsp3) is 0.250. The molecule has 1 unspecified atom stereocenters. The van der Waals surface area contributed by atoms with Gasteiger partial charge in [0.2, 0.25) is 5.91 Å². The molecule has 1 amide bonds. The van der Waals surface area contributed by atoms with Gasteiger partial charge in [0.25, 0.3) is 0 Å². The van der Waals surface area contributed by atoms with Crippen molar-refractivity contribution in [3.63, 3.8) is 0 Å². The zero-order chi connectivity index (χ0) is 17.0. The molecule has 7 heteroatoms. The average Bonchev–Trinajstić information content (AvgIpc) is 2.55. The zero-order valence-corrected chi connectivity index (χ0v) is 14.0. The summed E-state index contributed by atoms with van der Waals surface area (Å²) in [6.07, 6.45) is 4.30. The van der Waals surface area contributed by atoms with E-state index in [0.717, 1.165) is 0 Å². The number of halogens is 1. The Morgan fingerprint density at radius 1 is 1.43 bits per heavy atom. The van der Waals surface area contributed by atoms with E-state index in [2.05, 4.69) is 20.7 Å². The number of methoxy groups -OCH3 is 1. The van der Waals surface area contributed by atoms with Crippen LogP contribution in [0.5, 0.6) is 5.75 Å². The van der Waals surface area contributed by atoms with Crippen molar-refractivity contribution in [2.75, 3.05) is 13.7 Å². The number of nitrogens with zero attached hydrogens (tertiary/aromatic N) is 1. The van der Waals surface area contributed by atoms with Gasteiger partial charge in [-0.1, -0.05) is 28.1 Å². The molecule has 122 valence electrons. The molecule has 0 saturated carbocycles. The summed E-state index contributed by atoms with van der Waals surface area (Å²) in [6, 6.07) is 4.34. The normalized spacial score (nSPS) is 18.0. The summed E-state index contributed by atoms with van der Waals surface area (Å²) in [5.41, 5.74) is 0.573. The van der Waals surface area contributed by atoms with Crippen molar-refractivity contribution in [1.29, 1.82) is 0 Å². The molecular formula is C16H16BrNO5. The molecule has 0 spiro atoms. The summed E-state index contributed by atoms with van der Waals surface area (Å²) >= 11 is 3.21. The lowest BCUT2D eigenvalue weighted by Gasteiger charge is -2.29. The number of carbonyl (C=O) groups excluding carboxylic acids is 2. The van der Waals surface area contributed by atoms with Crippen LogP contribution in [0.4, 0.5) is 0 Å². The van der Waals surface area contributed by atoms with Gasteiger partial charge in [-0.25, -0.2) is 4.79 Å². The summed E-state index contributed by atoms with van der Waals surface area (Å²) < 4.78 is 5.13. The fourth-order valence-electron chi connectivity index (χ4n) is 2.14. The second-order valence-corrected chi connectivity index (χ2v) is 5.80. The molecule has 0 bridgehead atoms. The summed E-state index contributed by atoms with van der Waals surface area (Å²) in [5, 5.41) is 19.6. The molecule has 1 heterocycles. The molecular weight excluding hydrogens is 366 g/mol. The first-order chi connectivity index (χ1) is 10.9. The fourth-order valence-corrected chi connectivity index (χ4v) is 2.62. The highest BCUT2D eigenvalue weighted by Gasteiger charge is 2.24. The van der Waals surface area contributed by atoms with Crippen LogP contribution in [0.3, 0.4) is 0 Å². The van der Waals surface area contributed by atoms with Gasteiger partial charge >= 0.3 is 5.97 Å². The maximum atomic E-state index is 12.2. The van der Waals surface area contributed by atoms with Crippen LogP contribution in [0.15, 0.2) is 34.8 Å². The number of benzene rings is 1. The monoisotopic (exact) mass is 381 g/mol. The highest BCUT2D eigenvalue weighted by Crippen LogP contribution is 2.22. The van der Waals surface area contributed by atoms with Crippen molar-refractivity contribution in [3.8, 4) is 5.75 Å². The zero-order valence-electron chi connectivity index (χ0n) is 12.4. The Hall–Kier alpha value is -2.12. The molecule has 1 aromatic rings. The number of aromatic hydroxyl groups is 1. The predicted molar refractivity (Wildman–Crippen MR) is 87.8 cm³/mol. The van der Waals surface area contributed by atoms with Crippen LogP contribution in [-0.4, -0.2) is 46.9 Å². The van der Waals surface area contributed by atoms with E-state index < -0.39 is 12.2 Å². The molecule has 1 aliphatic rings. The van der Waals surface area contributed by atoms with Gasteiger partial charge in [0, 0.05) is 17.1 Å². The first-order valence-corrected chi connectivity index (χ1v) is 7.67. The summed E-state index contributed by atoms with van der Waals surface area (Å²) in [5.74, 6) is -1.21. The molecule has 6 nitrogen and oxygen atoms in total. The molecule has 0 radical (unpaired) electrons. The smallest absolute Gasteiger partial charge is 0.341 e. The first kappa shape index (κ1) is 17.2. The van der Waals surface area contributed by atoms with E-state index in [1.54, 1.807) is 6.07 Å². The second-order valence-electron chi connectivity index (χ2n) is 4.88. The van der Waals surface area contributed by atoms with Gasteiger partial charge in [-0.2, -0.15) is 0 Å². The summed E-state index contributed by atoms with van der Waals surface area (Å²) in [4.78, 5) is 25.0. The van der Waals surface area contributed by atoms with E-state index >= 15 is 0 Å². The SMILES string of the molecule is COC(=O)c1cc(/C=C/C(=O)N2CCC=C(Br)C2O)ccc1O. The maximum absolute atomic E-state index is 12.2. The van der Waals surface area contributed by atoms with Crippen LogP contribution < -0.4 is 0 Å². The van der Waals surface area contributed by atoms with Crippen molar-refractivity contribution in [2.24, 2.45) is 0 Å². The van der Waals surface area contributed by atoms with Crippen LogP contribution >= 0.6 is 15.9 Å². The van der Waals surface area contributed by atoms with Crippen LogP contribution in [0.1, 0.15) is 22.3 Å². The number of hydrogen-bond donors (Lipinski definition) is 2. The quantitative estimate of drug-likeness (QED) is 0.617. The van der Waals surface area contributed by atoms with Crippen molar-refractivity contribution < 1.29 is 24.5 Å². The van der Waals surface area contributed by atoms with Gasteiger partial charge in [-0.15, -0.1) is 0 Å². The number of carbonyl (C=O) groups is 2. The average molecular weight is 382 g/mol. The Morgan fingerprint density at radius 3 is 2.87 bits per heavy atom. The first-order valence-electron chi connectivity index (χ1n) is 6.87. The number of hydrogen-bond acceptors (Lipinski definition) is 5. The Bertz CT molecular complexity index is 683. The summed E-state index contributed by atoms with van der Waals surface area (Å²) in [7, 11) is 1.22. The lowest BCUT2D eigenvalue weighted by molar-refractivity contribution is -0.133. The molecule has 2 rings (SSSR count). The predicted octanol–water partition coefficient (Wildman–Crippen LogP) is 2.02. The molecule has 1 aromatic carbocycles. The van der Waals surface area contributed by atoms with Crippen molar-refractivity contribution in [1.82, 2.24) is 4.90 Å². The van der Waals surface area contributed by atoms with Crippen molar-refractivity contribution >= 4 is 33.9 Å². The van der Waals surface area contributed by atoms with E-state index in [-0.39, 0.29) is 17.2 Å². The Labute approximate surface area is 141 Å². The number of esters is 1. The third-order valence-corrected chi connectivity index (χ3v) is 4.11. The number of ether oxygens (including phenoxy) is 1. The number of amides is 1. The van der Waals surface area contributed by atoms with Gasteiger partial charge in [-0.05, 0) is 30.2 Å². The number of aliphatic hydroxyl groups is 1. The Balaban J connectivity index is 2.15. The topological polar surface area (TPSA) is 87.1 Å². The van der Waals surface area contributed by atoms with E-state index in [1.165, 1.54) is 36.3 Å². The lowest BCUT2D eigenvalue weighted by Crippen LogP contribution is -2.42. The third-order valence-electron chi connectivity index (χ3n) is 3.38. The minimum absolute atomic E-state index is 0.0192. The van der Waals surface area contributed by atoms with Crippen LogP contribution in [-0.2, 0) is 9.53 Å². The number of aliphatic hydroxyl groups excluding tert-OH is 1. The highest BCUT2D eigenvalue weighted by atomic mass is 79.9. The van der Waals surface area contributed by atoms with E-state index in [4.69, 9.17) is 0 Å². The number of phenolic OH excluding ortho intramolecular Hbond substituents is 1. The molecule has 0 aromatic heterocycles. The van der Waals surface area contributed by atoms with Crippen molar-refractivity contribution in [3.05, 3.63) is 46.0 Å². The van der Waals surface area contributed by atoms with Gasteiger partial charge in [0.1, 0.15) is 11.3 Å². The standard InChI is InChI=1S/C16H16BrNO5/c1-23-16(22)11-9-10(4-6-13(11)19)5-7-14(20)18-8-2-3-12(17)15(18)21/h3-7,9,15,19,21H,2,8H2,1H3/b7-5+. The number of rotatable bonds is 3. The maximum Gasteiger partial charge on any atom is 0.341 e. The molecule has 1 aliphatic heterocycles. The molecule has 0 aliphatic carbocycles. The summed E-state index contributed by atoms with van der Waals surface area (Å²) in [6.45, 7) is 0.419. The van der Waals surface area contributed by atoms with Crippen molar-refractivity contribution in [2.45, 2.75) is 12.6 Å². The minimum atomic E-state index is -0.994. The van der Waals surface area contributed by atoms with Gasteiger partial charge in [-0.3, -0.25) is 4.79 Å². The molecule has 0 fully saturated rings. The van der Waals surface area contributed by atoms with Crippen LogP contribution in [0, 0.1) is 0 Å². The van der Waals surface area contributed by atoms with Crippen LogP contribution in [0.2, 0.25) is 0 Å². The Morgan fingerprint density at radius 2 is 2.17 bits per heavy atom. The third kappa shape index (κ3) is 4.00. The highest BCUT2D eigenvalue weighted by molar-refractivity contribution is 9.11. The van der Waals surface area contributed by atoms with Crippen LogP contribution in [0.25, 0.3) is 6.08 Å². The lowest BCUT2D eigenvalue weighted by atomic mass is 10.1. The van der Waals surface area contributed by atoms with Gasteiger partial charge < -0.3 is 19.8 Å².